The molecule has 1 rings (SSSR count). The van der Waals surface area contributed by atoms with E-state index < -0.39 is 0 Å². The van der Waals surface area contributed by atoms with Crippen LogP contribution in [0.1, 0.15) is 0 Å². The Kier molecular flexibility index (Phi) is 2.73. The molecule has 30 valence electrons. The molecule has 0 saturated carbocycles. The molecule has 0 amide bonds. The fourth-order valence-electron chi connectivity index (χ4n) is 0. The summed E-state index contributed by atoms with van der Waals surface area (Å²) in [6.07, 6.45) is 0. The van der Waals surface area contributed by atoms with E-state index in [1.165, 1.54) is 18.0 Å². The van der Waals surface area contributed by atoms with Crippen LogP contribution in [0.15, 0.2) is 0 Å². The molecule has 4 heavy (non-hydrogen) atoms. The molecule has 0 nitrogen and oxygen atoms in total. The van der Waals surface area contributed by atoms with Gasteiger partial charge in [-0.3, -0.25) is 0 Å². The van der Waals surface area contributed by atoms with Gasteiger partial charge in [-0.05, 0) is 0 Å². The van der Waals surface area contributed by atoms with Crippen LogP contribution in [0.25, 0.3) is 0 Å². The Morgan fingerprint density at radius 1 is 1.25 bits per heavy atom. The second-order valence-electron chi connectivity index (χ2n) is 0.474. The summed E-state index contributed by atoms with van der Waals surface area (Å²) in [4.78, 5) is 3.10. The van der Waals surface area contributed by atoms with Gasteiger partial charge in [0.2, 0.25) is 0 Å². The Bertz CT molecular complexity index is 10.8. The SMILES string of the molecule is Cl.[CH2]1[CH2][Pd]1. The van der Waals surface area contributed by atoms with Gasteiger partial charge in [0.25, 0.3) is 0 Å². The van der Waals surface area contributed by atoms with Crippen LogP contribution in [0, 0.1) is 0 Å². The molecule has 0 bridgehead atoms. The van der Waals surface area contributed by atoms with Crippen LogP contribution < -0.4 is 0 Å². The van der Waals surface area contributed by atoms with Gasteiger partial charge in [0.05, 0.1) is 0 Å². The van der Waals surface area contributed by atoms with Crippen molar-refractivity contribution in [2.24, 2.45) is 0 Å². The van der Waals surface area contributed by atoms with Crippen LogP contribution in [0.2, 0.25) is 9.79 Å². The molecule has 1 fully saturated rings. The van der Waals surface area contributed by atoms with Gasteiger partial charge in [-0.15, -0.1) is 12.4 Å². The van der Waals surface area contributed by atoms with Crippen molar-refractivity contribution in [2.45, 2.75) is 9.79 Å². The summed E-state index contributed by atoms with van der Waals surface area (Å²) in [6.45, 7) is 0. The third kappa shape index (κ3) is 2.95. The minimum atomic E-state index is 0. The molecule has 0 aromatic carbocycles. The van der Waals surface area contributed by atoms with Crippen molar-refractivity contribution in [1.29, 1.82) is 0 Å². The van der Waals surface area contributed by atoms with E-state index in [0.29, 0.717) is 0 Å². The third-order valence-electron chi connectivity index (χ3n) is 0.158. The van der Waals surface area contributed by atoms with Crippen LogP contribution in [0.3, 0.4) is 0 Å². The molecule has 1 aliphatic heterocycles. The predicted molar refractivity (Wildman–Crippen MR) is 16.9 cm³/mol. The normalized spacial score (nSPS) is 20.0. The van der Waals surface area contributed by atoms with Gasteiger partial charge in [-0.1, -0.05) is 0 Å². The van der Waals surface area contributed by atoms with Gasteiger partial charge in [0.1, 0.15) is 0 Å². The minimum absolute atomic E-state index is 0. The zero-order chi connectivity index (χ0) is 2.12. The average Bonchev–Trinajstić information content (AvgIpc) is 1.46. The summed E-state index contributed by atoms with van der Waals surface area (Å²) < 4.78 is 0. The first kappa shape index (κ1) is 4.95. The van der Waals surface area contributed by atoms with Crippen molar-refractivity contribution in [2.75, 3.05) is 0 Å². The molecule has 0 unspecified atom stereocenters. The zero-order valence-electron chi connectivity index (χ0n) is 2.14. The van der Waals surface area contributed by atoms with Gasteiger partial charge in [0, 0.05) is 0 Å². The number of rotatable bonds is 0. The maximum atomic E-state index is 1.55. The summed E-state index contributed by atoms with van der Waals surface area (Å²) in [7, 11) is 0. The van der Waals surface area contributed by atoms with E-state index in [0.717, 1.165) is 0 Å². The molecule has 0 aromatic rings. The Balaban J connectivity index is 0.0000000900. The molecule has 0 aromatic heterocycles. The Morgan fingerprint density at radius 3 is 1.50 bits per heavy atom. The number of halogens is 1. The standard InChI is InChI=1S/C2H4.ClH.Pd/c1-2;;/h1-2H2;1H;. The Hall–Kier alpha value is 0.952. The van der Waals surface area contributed by atoms with Crippen LogP contribution in [-0.4, -0.2) is 0 Å². The molecule has 1 heterocycles. The average molecular weight is 171 g/mol. The molecule has 1 aliphatic rings. The van der Waals surface area contributed by atoms with E-state index in [4.69, 9.17) is 0 Å². The summed E-state index contributed by atoms with van der Waals surface area (Å²) in [5.41, 5.74) is 0. The van der Waals surface area contributed by atoms with Crippen molar-refractivity contribution in [1.82, 2.24) is 0 Å². The van der Waals surface area contributed by atoms with Crippen molar-refractivity contribution in [3.05, 3.63) is 0 Å². The van der Waals surface area contributed by atoms with E-state index in [1.54, 1.807) is 9.79 Å². The zero-order valence-corrected chi connectivity index (χ0v) is 4.51. The Morgan fingerprint density at radius 2 is 1.50 bits per heavy atom. The van der Waals surface area contributed by atoms with E-state index in [9.17, 15) is 0 Å². The van der Waals surface area contributed by atoms with Crippen LogP contribution in [0.4, 0.5) is 0 Å². The van der Waals surface area contributed by atoms with Gasteiger partial charge >= 0.3 is 27.8 Å². The van der Waals surface area contributed by atoms with Crippen molar-refractivity contribution in [3.63, 3.8) is 0 Å². The second kappa shape index (κ2) is 2.21. The second-order valence-corrected chi connectivity index (χ2v) is 2.81. The van der Waals surface area contributed by atoms with Gasteiger partial charge in [-0.2, -0.15) is 0 Å². The molecule has 1 saturated heterocycles. The molecule has 0 atom stereocenters. The van der Waals surface area contributed by atoms with E-state index in [1.807, 2.05) is 0 Å². The summed E-state index contributed by atoms with van der Waals surface area (Å²) >= 11 is 1.20. The third-order valence-corrected chi connectivity index (χ3v) is 0.935. The first-order valence-electron chi connectivity index (χ1n) is 0.947. The van der Waals surface area contributed by atoms with Crippen LogP contribution in [-0.2, 0) is 18.0 Å². The maximum absolute atomic E-state index is 1.55. The topological polar surface area (TPSA) is 0 Å². The first-order valence-corrected chi connectivity index (χ1v) is 3.15. The molecule has 0 radical (unpaired) electrons. The monoisotopic (exact) mass is 170 g/mol. The van der Waals surface area contributed by atoms with E-state index in [-0.39, 0.29) is 12.4 Å². The van der Waals surface area contributed by atoms with Crippen molar-refractivity contribution in [3.8, 4) is 0 Å². The van der Waals surface area contributed by atoms with Crippen molar-refractivity contribution < 1.29 is 18.0 Å². The molecular weight excluding hydrogens is 166 g/mol. The first-order chi connectivity index (χ1) is 1.50. The Labute approximate surface area is 40.5 Å². The van der Waals surface area contributed by atoms with E-state index >= 15 is 0 Å². The molecule has 0 spiro atoms. The van der Waals surface area contributed by atoms with Crippen molar-refractivity contribution >= 4 is 12.4 Å². The summed E-state index contributed by atoms with van der Waals surface area (Å²) in [6, 6.07) is 0. The van der Waals surface area contributed by atoms with Gasteiger partial charge in [-0.25, -0.2) is 0 Å². The quantitative estimate of drug-likeness (QED) is 0.482. The fraction of sp³-hybridized carbons (Fsp3) is 1.00. The molecule has 2 heteroatoms. The van der Waals surface area contributed by atoms with Gasteiger partial charge in [0.15, 0.2) is 0 Å². The molecule has 0 N–H and O–H groups in total. The summed E-state index contributed by atoms with van der Waals surface area (Å²) in [5, 5.41) is 0. The summed E-state index contributed by atoms with van der Waals surface area (Å²) in [5.74, 6) is 0. The predicted octanol–water partition coefficient (Wildman–Crippen LogP) is 1.34. The fourth-order valence-corrected chi connectivity index (χ4v) is 0. The van der Waals surface area contributed by atoms with Gasteiger partial charge < -0.3 is 0 Å². The molecular formula is C2H5ClPd. The van der Waals surface area contributed by atoms with Crippen LogP contribution in [0.5, 0.6) is 0 Å². The van der Waals surface area contributed by atoms with E-state index in [2.05, 4.69) is 0 Å². The number of hydrogen-bond acceptors (Lipinski definition) is 0. The molecule has 0 aliphatic carbocycles. The number of hydrogen-bond donors (Lipinski definition) is 0. The van der Waals surface area contributed by atoms with Crippen LogP contribution >= 0.6 is 12.4 Å².